The summed E-state index contributed by atoms with van der Waals surface area (Å²) in [5, 5.41) is 17.3. The van der Waals surface area contributed by atoms with Crippen molar-refractivity contribution in [3.63, 3.8) is 0 Å². The highest BCUT2D eigenvalue weighted by Gasteiger charge is 2.04. The van der Waals surface area contributed by atoms with Crippen LogP contribution in [0.1, 0.15) is 39.5 Å². The topological polar surface area (TPSA) is 111 Å². The van der Waals surface area contributed by atoms with Gasteiger partial charge in [0.1, 0.15) is 13.1 Å². The Labute approximate surface area is 122 Å². The number of unbranched alkanes of at least 4 members (excludes halogenated alkanes) is 2. The summed E-state index contributed by atoms with van der Waals surface area (Å²) in [5.74, 6) is 0. The van der Waals surface area contributed by atoms with Gasteiger partial charge in [-0.1, -0.05) is 26.7 Å². The van der Waals surface area contributed by atoms with Crippen molar-refractivity contribution in [3.05, 3.63) is 0 Å². The SMILES string of the molecule is CCCCOS(=O)(=O)[O-].CCCC[NH+](CCO)CCO. The minimum Gasteiger partial charge on any atom is -0.726 e. The molecule has 0 aliphatic heterocycles. The third-order valence-electron chi connectivity index (χ3n) is 2.54. The van der Waals surface area contributed by atoms with Crippen LogP contribution in [0.15, 0.2) is 0 Å². The summed E-state index contributed by atoms with van der Waals surface area (Å²) < 4.78 is 33.1. The lowest BCUT2D eigenvalue weighted by Gasteiger charge is -2.16. The zero-order chi connectivity index (χ0) is 15.9. The van der Waals surface area contributed by atoms with Gasteiger partial charge in [-0.15, -0.1) is 0 Å². The van der Waals surface area contributed by atoms with Crippen LogP contribution in [0.25, 0.3) is 0 Å². The molecule has 0 aromatic heterocycles. The minimum absolute atomic E-state index is 0.00231. The van der Waals surface area contributed by atoms with Crippen molar-refractivity contribution in [2.24, 2.45) is 0 Å². The molecule has 20 heavy (non-hydrogen) atoms. The van der Waals surface area contributed by atoms with Gasteiger partial charge < -0.3 is 19.7 Å². The predicted octanol–water partition coefficient (Wildman–Crippen LogP) is -1.08. The normalized spacial score (nSPS) is 11.3. The van der Waals surface area contributed by atoms with E-state index >= 15 is 0 Å². The maximum Gasteiger partial charge on any atom is 0.217 e. The van der Waals surface area contributed by atoms with Crippen LogP contribution in [-0.2, 0) is 14.6 Å². The van der Waals surface area contributed by atoms with Gasteiger partial charge in [-0.25, -0.2) is 8.42 Å². The van der Waals surface area contributed by atoms with E-state index in [0.29, 0.717) is 6.42 Å². The van der Waals surface area contributed by atoms with Crippen LogP contribution in [0.4, 0.5) is 0 Å². The molecule has 0 aliphatic rings. The second-order valence-electron chi connectivity index (χ2n) is 4.38. The summed E-state index contributed by atoms with van der Waals surface area (Å²) in [4.78, 5) is 1.30. The average Bonchev–Trinajstić information content (AvgIpc) is 2.36. The van der Waals surface area contributed by atoms with Crippen molar-refractivity contribution in [1.29, 1.82) is 0 Å². The number of rotatable bonds is 11. The van der Waals surface area contributed by atoms with E-state index in [1.54, 1.807) is 0 Å². The van der Waals surface area contributed by atoms with Crippen LogP contribution in [0, 0.1) is 0 Å². The van der Waals surface area contributed by atoms with Gasteiger partial charge in [0.25, 0.3) is 0 Å². The Kier molecular flexibility index (Phi) is 16.7. The Morgan fingerprint density at radius 3 is 1.85 bits per heavy atom. The van der Waals surface area contributed by atoms with Gasteiger partial charge in [0.15, 0.2) is 0 Å². The number of aliphatic hydroxyl groups is 2. The Balaban J connectivity index is 0. The molecule has 124 valence electrons. The second-order valence-corrected chi connectivity index (χ2v) is 5.44. The molecule has 0 rings (SSSR count). The standard InChI is InChI=1S/C8H19NO2.C4H10O4S/c1-2-3-4-9(5-7-10)6-8-11;1-2-3-4-8-9(5,6)7/h10-11H,2-8H2,1H3;2-4H2,1H3,(H,5,6,7). The molecule has 0 bridgehead atoms. The summed E-state index contributed by atoms with van der Waals surface area (Å²) in [6, 6.07) is 0. The number of aliphatic hydroxyl groups excluding tert-OH is 2. The quantitative estimate of drug-likeness (QED) is 0.254. The lowest BCUT2D eigenvalue weighted by Crippen LogP contribution is -3.13. The van der Waals surface area contributed by atoms with Crippen LogP contribution in [0.5, 0.6) is 0 Å². The Morgan fingerprint density at radius 1 is 1.00 bits per heavy atom. The van der Waals surface area contributed by atoms with Crippen LogP contribution in [-0.4, -0.2) is 62.6 Å². The molecule has 0 heterocycles. The maximum absolute atomic E-state index is 9.73. The van der Waals surface area contributed by atoms with E-state index in [1.807, 2.05) is 6.92 Å². The fourth-order valence-electron chi connectivity index (χ4n) is 1.42. The molecule has 0 saturated heterocycles. The highest BCUT2D eigenvalue weighted by Crippen LogP contribution is 1.91. The van der Waals surface area contributed by atoms with Gasteiger partial charge in [0.2, 0.25) is 10.4 Å². The van der Waals surface area contributed by atoms with Crippen molar-refractivity contribution >= 4 is 10.4 Å². The monoisotopic (exact) mass is 315 g/mol. The fourth-order valence-corrected chi connectivity index (χ4v) is 1.75. The van der Waals surface area contributed by atoms with Gasteiger partial charge in [-0.05, 0) is 12.8 Å². The Bertz CT molecular complexity index is 278. The van der Waals surface area contributed by atoms with Crippen molar-refractivity contribution in [2.45, 2.75) is 39.5 Å². The second kappa shape index (κ2) is 15.1. The van der Waals surface area contributed by atoms with Gasteiger partial charge in [0.05, 0.1) is 26.4 Å². The highest BCUT2D eigenvalue weighted by atomic mass is 32.3. The average molecular weight is 315 g/mol. The Morgan fingerprint density at radius 2 is 1.50 bits per heavy atom. The molecule has 0 radical (unpaired) electrons. The molecule has 0 amide bonds. The van der Waals surface area contributed by atoms with E-state index in [1.165, 1.54) is 17.7 Å². The van der Waals surface area contributed by atoms with E-state index in [0.717, 1.165) is 26.1 Å². The number of hydrogen-bond acceptors (Lipinski definition) is 6. The molecule has 0 aromatic carbocycles. The molecule has 0 atom stereocenters. The van der Waals surface area contributed by atoms with E-state index in [-0.39, 0.29) is 19.8 Å². The van der Waals surface area contributed by atoms with Crippen LogP contribution < -0.4 is 4.90 Å². The van der Waals surface area contributed by atoms with E-state index in [2.05, 4.69) is 11.1 Å². The van der Waals surface area contributed by atoms with Crippen LogP contribution >= 0.6 is 0 Å². The van der Waals surface area contributed by atoms with Gasteiger partial charge in [0, 0.05) is 0 Å². The van der Waals surface area contributed by atoms with Crippen molar-refractivity contribution in [1.82, 2.24) is 0 Å². The molecule has 0 fully saturated rings. The van der Waals surface area contributed by atoms with Crippen molar-refractivity contribution < 1.29 is 32.3 Å². The van der Waals surface area contributed by atoms with Gasteiger partial charge >= 0.3 is 0 Å². The van der Waals surface area contributed by atoms with Gasteiger partial charge in [-0.2, -0.15) is 0 Å². The lowest BCUT2D eigenvalue weighted by atomic mass is 10.3. The zero-order valence-electron chi connectivity index (χ0n) is 12.5. The molecule has 0 aliphatic carbocycles. The van der Waals surface area contributed by atoms with Gasteiger partial charge in [-0.3, -0.25) is 4.18 Å². The largest absolute Gasteiger partial charge is 0.726 e. The number of hydrogen-bond donors (Lipinski definition) is 3. The molecule has 7 nitrogen and oxygen atoms in total. The molecule has 0 saturated carbocycles. The highest BCUT2D eigenvalue weighted by molar-refractivity contribution is 7.80. The third kappa shape index (κ3) is 20.1. The van der Waals surface area contributed by atoms with E-state index in [4.69, 9.17) is 10.2 Å². The Hall–Kier alpha value is -0.250. The summed E-state index contributed by atoms with van der Waals surface area (Å²) >= 11 is 0. The summed E-state index contributed by atoms with van der Waals surface area (Å²) in [6.07, 6.45) is 3.77. The van der Waals surface area contributed by atoms with Crippen molar-refractivity contribution in [3.8, 4) is 0 Å². The third-order valence-corrected chi connectivity index (χ3v) is 3.00. The molecular weight excluding hydrogens is 286 g/mol. The first-order valence-corrected chi connectivity index (χ1v) is 8.40. The summed E-state index contributed by atoms with van der Waals surface area (Å²) in [7, 11) is -4.45. The van der Waals surface area contributed by atoms with Crippen LogP contribution in [0.3, 0.4) is 0 Å². The molecule has 0 aromatic rings. The fraction of sp³-hybridized carbons (Fsp3) is 1.00. The molecule has 0 spiro atoms. The molecule has 0 unspecified atom stereocenters. The van der Waals surface area contributed by atoms with Crippen LogP contribution in [0.2, 0.25) is 0 Å². The summed E-state index contributed by atoms with van der Waals surface area (Å²) in [5.41, 5.74) is 0. The first kappa shape index (κ1) is 22.0. The number of nitrogens with one attached hydrogen (secondary N) is 1. The predicted molar refractivity (Wildman–Crippen MR) is 75.2 cm³/mol. The zero-order valence-corrected chi connectivity index (χ0v) is 13.3. The molecule has 8 heteroatoms. The summed E-state index contributed by atoms with van der Waals surface area (Å²) in [6.45, 7) is 7.06. The molecular formula is C12H29NO6S. The lowest BCUT2D eigenvalue weighted by molar-refractivity contribution is -0.901. The molecule has 3 N–H and O–H groups in total. The minimum atomic E-state index is -4.45. The smallest absolute Gasteiger partial charge is 0.217 e. The first-order valence-electron chi connectivity index (χ1n) is 7.06. The number of quaternary nitrogens is 1. The van der Waals surface area contributed by atoms with Crippen molar-refractivity contribution in [2.75, 3.05) is 39.5 Å². The van der Waals surface area contributed by atoms with E-state index < -0.39 is 10.4 Å². The maximum atomic E-state index is 9.73. The van der Waals surface area contributed by atoms with E-state index in [9.17, 15) is 13.0 Å². The first-order chi connectivity index (χ1) is 9.41.